The van der Waals surface area contributed by atoms with Crippen LogP contribution in [0.5, 0.6) is 0 Å². The number of carbonyl (C=O) groups is 2. The van der Waals surface area contributed by atoms with E-state index in [0.29, 0.717) is 18.5 Å². The molecular formula is C19H23ClN2O2. The van der Waals surface area contributed by atoms with Gasteiger partial charge in [-0.05, 0) is 55.7 Å². The minimum atomic E-state index is -0.0315. The van der Waals surface area contributed by atoms with Crippen LogP contribution in [-0.2, 0) is 9.59 Å². The highest BCUT2D eigenvalue weighted by Gasteiger charge is 2.46. The molecule has 3 aliphatic rings. The second kappa shape index (κ2) is 6.40. The number of benzene rings is 1. The average molecular weight is 347 g/mol. The first kappa shape index (κ1) is 15.9. The van der Waals surface area contributed by atoms with Crippen LogP contribution < -0.4 is 5.32 Å². The SMILES string of the molecule is O=C(NC1CC1)C1CCCN(C(=O)C2CC2c2ccc(Cl)cc2)C1. The zero-order valence-electron chi connectivity index (χ0n) is 13.7. The van der Waals surface area contributed by atoms with E-state index >= 15 is 0 Å². The van der Waals surface area contributed by atoms with E-state index < -0.39 is 0 Å². The summed E-state index contributed by atoms with van der Waals surface area (Å²) >= 11 is 5.93. The molecule has 4 nitrogen and oxygen atoms in total. The number of piperidine rings is 1. The van der Waals surface area contributed by atoms with Crippen LogP contribution >= 0.6 is 11.6 Å². The Morgan fingerprint density at radius 1 is 1.12 bits per heavy atom. The van der Waals surface area contributed by atoms with Crippen molar-refractivity contribution in [2.45, 2.75) is 44.1 Å². The molecule has 3 unspecified atom stereocenters. The molecule has 1 heterocycles. The lowest BCUT2D eigenvalue weighted by Crippen LogP contribution is -2.46. The predicted octanol–water partition coefficient (Wildman–Crippen LogP) is 2.96. The number of halogens is 1. The maximum absolute atomic E-state index is 12.8. The largest absolute Gasteiger partial charge is 0.353 e. The molecule has 4 rings (SSSR count). The van der Waals surface area contributed by atoms with E-state index in [4.69, 9.17) is 11.6 Å². The Labute approximate surface area is 147 Å². The lowest BCUT2D eigenvalue weighted by Gasteiger charge is -2.32. The third-order valence-electron chi connectivity index (χ3n) is 5.43. The highest BCUT2D eigenvalue weighted by molar-refractivity contribution is 6.30. The molecule has 0 spiro atoms. The van der Waals surface area contributed by atoms with Crippen molar-refractivity contribution >= 4 is 23.4 Å². The molecule has 1 saturated heterocycles. The molecule has 24 heavy (non-hydrogen) atoms. The summed E-state index contributed by atoms with van der Waals surface area (Å²) in [6.07, 6.45) is 4.94. The molecule has 5 heteroatoms. The molecule has 0 bridgehead atoms. The molecule has 0 aromatic heterocycles. The molecule has 128 valence electrons. The quantitative estimate of drug-likeness (QED) is 0.911. The van der Waals surface area contributed by atoms with Crippen molar-refractivity contribution in [3.8, 4) is 0 Å². The fourth-order valence-electron chi connectivity index (χ4n) is 3.72. The van der Waals surface area contributed by atoms with E-state index in [9.17, 15) is 9.59 Å². The van der Waals surface area contributed by atoms with E-state index in [2.05, 4.69) is 5.32 Å². The van der Waals surface area contributed by atoms with Gasteiger partial charge in [0.2, 0.25) is 11.8 Å². The number of nitrogens with one attached hydrogen (secondary N) is 1. The van der Waals surface area contributed by atoms with Gasteiger partial charge in [-0.15, -0.1) is 0 Å². The first-order valence-corrected chi connectivity index (χ1v) is 9.34. The molecule has 2 amide bonds. The van der Waals surface area contributed by atoms with Crippen LogP contribution in [0.2, 0.25) is 5.02 Å². The molecular weight excluding hydrogens is 324 g/mol. The first-order valence-electron chi connectivity index (χ1n) is 8.96. The first-order chi connectivity index (χ1) is 11.6. The summed E-state index contributed by atoms with van der Waals surface area (Å²) in [5.74, 6) is 0.724. The normalized spacial score (nSPS) is 29.2. The van der Waals surface area contributed by atoms with Gasteiger partial charge in [-0.2, -0.15) is 0 Å². The third kappa shape index (κ3) is 3.44. The number of amides is 2. The monoisotopic (exact) mass is 346 g/mol. The third-order valence-corrected chi connectivity index (χ3v) is 5.69. The Morgan fingerprint density at radius 3 is 2.58 bits per heavy atom. The van der Waals surface area contributed by atoms with E-state index in [1.807, 2.05) is 29.2 Å². The number of hydrogen-bond acceptors (Lipinski definition) is 2. The predicted molar refractivity (Wildman–Crippen MR) is 92.8 cm³/mol. The molecule has 1 aliphatic heterocycles. The van der Waals surface area contributed by atoms with E-state index in [1.54, 1.807) is 0 Å². The van der Waals surface area contributed by atoms with Crippen molar-refractivity contribution in [3.05, 3.63) is 34.9 Å². The number of rotatable bonds is 4. The molecule has 2 aliphatic carbocycles. The molecule has 3 atom stereocenters. The zero-order valence-corrected chi connectivity index (χ0v) is 14.5. The van der Waals surface area contributed by atoms with Gasteiger partial charge in [-0.3, -0.25) is 9.59 Å². The highest BCUT2D eigenvalue weighted by atomic mass is 35.5. The molecule has 0 radical (unpaired) electrons. The molecule has 2 saturated carbocycles. The van der Waals surface area contributed by atoms with Crippen LogP contribution in [0, 0.1) is 11.8 Å². The van der Waals surface area contributed by atoms with Gasteiger partial charge in [-0.1, -0.05) is 23.7 Å². The number of carbonyl (C=O) groups excluding carboxylic acids is 2. The Balaban J connectivity index is 1.34. The van der Waals surface area contributed by atoms with Gasteiger partial charge in [0, 0.05) is 30.1 Å². The number of hydrogen-bond donors (Lipinski definition) is 1. The summed E-state index contributed by atoms with van der Waals surface area (Å²) in [6, 6.07) is 8.19. The standard InChI is InChI=1S/C19H23ClN2O2/c20-14-5-3-12(4-6-14)16-10-17(16)19(24)22-9-1-2-13(11-22)18(23)21-15-7-8-15/h3-6,13,15-17H,1-2,7-11H2,(H,21,23). The van der Waals surface area contributed by atoms with Gasteiger partial charge in [0.05, 0.1) is 5.92 Å². The van der Waals surface area contributed by atoms with Crippen LogP contribution in [-0.4, -0.2) is 35.8 Å². The van der Waals surface area contributed by atoms with Crippen molar-refractivity contribution < 1.29 is 9.59 Å². The molecule has 1 aromatic rings. The summed E-state index contributed by atoms with van der Waals surface area (Å²) < 4.78 is 0. The Bertz CT molecular complexity index is 641. The van der Waals surface area contributed by atoms with Gasteiger partial charge in [0.25, 0.3) is 0 Å². The van der Waals surface area contributed by atoms with Crippen molar-refractivity contribution in [2.24, 2.45) is 11.8 Å². The summed E-state index contributed by atoms with van der Waals surface area (Å²) in [4.78, 5) is 27.0. The van der Waals surface area contributed by atoms with Gasteiger partial charge in [-0.25, -0.2) is 0 Å². The summed E-state index contributed by atoms with van der Waals surface area (Å²) in [5.41, 5.74) is 1.19. The van der Waals surface area contributed by atoms with Gasteiger partial charge in [0.1, 0.15) is 0 Å². The Kier molecular flexibility index (Phi) is 4.25. The molecule has 3 fully saturated rings. The second-order valence-corrected chi connectivity index (χ2v) is 7.84. The smallest absolute Gasteiger partial charge is 0.226 e. The fraction of sp³-hybridized carbons (Fsp3) is 0.579. The maximum atomic E-state index is 12.8. The average Bonchev–Trinajstić information content (AvgIpc) is 3.50. The van der Waals surface area contributed by atoms with Crippen molar-refractivity contribution in [1.82, 2.24) is 10.2 Å². The lowest BCUT2D eigenvalue weighted by atomic mass is 9.96. The Hall–Kier alpha value is -1.55. The summed E-state index contributed by atoms with van der Waals surface area (Å²) in [6.45, 7) is 1.37. The van der Waals surface area contributed by atoms with Crippen LogP contribution in [0.1, 0.15) is 43.6 Å². The van der Waals surface area contributed by atoms with Gasteiger partial charge >= 0.3 is 0 Å². The number of likely N-dealkylation sites (tertiary alicyclic amines) is 1. The highest BCUT2D eigenvalue weighted by Crippen LogP contribution is 2.49. The van der Waals surface area contributed by atoms with Crippen LogP contribution in [0.25, 0.3) is 0 Å². The Morgan fingerprint density at radius 2 is 1.88 bits per heavy atom. The minimum absolute atomic E-state index is 0.0315. The zero-order chi connectivity index (χ0) is 16.7. The van der Waals surface area contributed by atoms with Gasteiger partial charge in [0.15, 0.2) is 0 Å². The van der Waals surface area contributed by atoms with Crippen molar-refractivity contribution in [1.29, 1.82) is 0 Å². The summed E-state index contributed by atoms with van der Waals surface area (Å²) in [7, 11) is 0. The molecule has 1 N–H and O–H groups in total. The maximum Gasteiger partial charge on any atom is 0.226 e. The fourth-order valence-corrected chi connectivity index (χ4v) is 3.84. The minimum Gasteiger partial charge on any atom is -0.353 e. The van der Waals surface area contributed by atoms with E-state index in [0.717, 1.165) is 43.7 Å². The van der Waals surface area contributed by atoms with Crippen LogP contribution in [0.4, 0.5) is 0 Å². The van der Waals surface area contributed by atoms with Crippen LogP contribution in [0.3, 0.4) is 0 Å². The van der Waals surface area contributed by atoms with Crippen molar-refractivity contribution in [2.75, 3.05) is 13.1 Å². The molecule has 1 aromatic carbocycles. The lowest BCUT2D eigenvalue weighted by molar-refractivity contribution is -0.136. The van der Waals surface area contributed by atoms with Crippen molar-refractivity contribution in [3.63, 3.8) is 0 Å². The van der Waals surface area contributed by atoms with E-state index in [-0.39, 0.29) is 23.7 Å². The van der Waals surface area contributed by atoms with Crippen LogP contribution in [0.15, 0.2) is 24.3 Å². The van der Waals surface area contributed by atoms with Gasteiger partial charge < -0.3 is 10.2 Å². The van der Waals surface area contributed by atoms with E-state index in [1.165, 1.54) is 5.56 Å². The number of nitrogens with zero attached hydrogens (tertiary/aromatic N) is 1. The second-order valence-electron chi connectivity index (χ2n) is 7.41. The topological polar surface area (TPSA) is 49.4 Å². The summed E-state index contributed by atoms with van der Waals surface area (Å²) in [5, 5.41) is 3.80.